The number of carbonyl (C=O) groups is 3. The summed E-state index contributed by atoms with van der Waals surface area (Å²) < 4.78 is 18.8. The highest BCUT2D eigenvalue weighted by atomic mass is 19.1. The Bertz CT molecular complexity index is 1060. The molecule has 0 aromatic heterocycles. The van der Waals surface area contributed by atoms with Gasteiger partial charge in [0.1, 0.15) is 5.70 Å². The second kappa shape index (κ2) is 9.13. The number of anilines is 1. The molecule has 1 aliphatic rings. The Morgan fingerprint density at radius 1 is 1.10 bits per heavy atom. The minimum atomic E-state index is -0.595. The fourth-order valence-electron chi connectivity index (χ4n) is 3.05. The molecule has 0 aliphatic carbocycles. The Kier molecular flexibility index (Phi) is 6.36. The molecule has 0 fully saturated rings. The number of hydrogen-bond acceptors (Lipinski definition) is 5. The summed E-state index contributed by atoms with van der Waals surface area (Å²) >= 11 is 0. The smallest absolute Gasteiger partial charge is 0.270 e. The first kappa shape index (κ1) is 20.9. The van der Waals surface area contributed by atoms with Gasteiger partial charge in [-0.05, 0) is 29.8 Å². The summed E-state index contributed by atoms with van der Waals surface area (Å²) in [5.74, 6) is -1.80. The van der Waals surface area contributed by atoms with Crippen molar-refractivity contribution < 1.29 is 23.5 Å². The number of amides is 2. The van der Waals surface area contributed by atoms with Gasteiger partial charge in [-0.25, -0.2) is 4.39 Å². The maximum atomic E-state index is 13.8. The second-order valence-corrected chi connectivity index (χ2v) is 6.49. The maximum absolute atomic E-state index is 13.8. The lowest BCUT2D eigenvalue weighted by molar-refractivity contribution is -0.118. The average molecular weight is 409 g/mol. The number of likely N-dealkylation sites (N-methyl/N-ethyl adjacent to an activating group) is 1. The van der Waals surface area contributed by atoms with Crippen molar-refractivity contribution in [2.75, 3.05) is 19.5 Å². The Hall–Kier alpha value is -3.81. The minimum Gasteiger partial charge on any atom is -0.493 e. The first-order valence-electron chi connectivity index (χ1n) is 9.18. The van der Waals surface area contributed by atoms with Gasteiger partial charge in [-0.1, -0.05) is 18.2 Å². The number of para-hydroxylation sites is 1. The van der Waals surface area contributed by atoms with Crippen molar-refractivity contribution in [3.8, 4) is 5.75 Å². The highest BCUT2D eigenvalue weighted by Gasteiger charge is 2.23. The van der Waals surface area contributed by atoms with Gasteiger partial charge < -0.3 is 15.4 Å². The Morgan fingerprint density at radius 2 is 1.83 bits per heavy atom. The fraction of sp³-hybridized carbons (Fsp3) is 0.182. The lowest BCUT2D eigenvalue weighted by Crippen LogP contribution is -2.23. The number of nitrogens with one attached hydrogen (secondary N) is 2. The molecule has 2 aromatic rings. The van der Waals surface area contributed by atoms with E-state index in [0.717, 1.165) is 0 Å². The lowest BCUT2D eigenvalue weighted by Gasteiger charge is -2.10. The van der Waals surface area contributed by atoms with E-state index < -0.39 is 17.6 Å². The topological polar surface area (TPSA) is 96.9 Å². The zero-order valence-electron chi connectivity index (χ0n) is 16.5. The molecule has 0 saturated carbocycles. The van der Waals surface area contributed by atoms with Gasteiger partial charge in [0.25, 0.3) is 11.8 Å². The standard InChI is InChI=1S/C22H20FN3O4/c1-24-22(29)19-16(10-11-25-19)21(28)26-14-8-6-13(7-9-14)12-18(27)15-4-3-5-17(23)20(15)30-2/h3-9,11H,10,12H2,1-2H3,(H,24,29)(H,26,28). The van der Waals surface area contributed by atoms with E-state index in [9.17, 15) is 18.8 Å². The summed E-state index contributed by atoms with van der Waals surface area (Å²) in [6.07, 6.45) is 1.83. The third kappa shape index (κ3) is 4.43. The van der Waals surface area contributed by atoms with Crippen LogP contribution in [0, 0.1) is 5.82 Å². The minimum absolute atomic E-state index is 0.0495. The number of hydrogen-bond donors (Lipinski definition) is 2. The van der Waals surface area contributed by atoms with Crippen LogP contribution in [-0.4, -0.2) is 38.0 Å². The number of carbonyl (C=O) groups excluding carboxylic acids is 3. The lowest BCUT2D eigenvalue weighted by atomic mass is 10.0. The van der Waals surface area contributed by atoms with E-state index in [-0.39, 0.29) is 41.2 Å². The summed E-state index contributed by atoms with van der Waals surface area (Å²) in [6.45, 7) is 0. The molecule has 154 valence electrons. The molecule has 0 spiro atoms. The van der Waals surface area contributed by atoms with Gasteiger partial charge in [-0.2, -0.15) is 0 Å². The number of ketones is 1. The molecular formula is C22H20FN3O4. The largest absolute Gasteiger partial charge is 0.493 e. The third-order valence-corrected chi connectivity index (χ3v) is 4.57. The van der Waals surface area contributed by atoms with Crippen LogP contribution in [0.15, 0.2) is 58.7 Å². The number of methoxy groups -OCH3 is 1. The van der Waals surface area contributed by atoms with E-state index in [0.29, 0.717) is 11.3 Å². The molecule has 8 heteroatoms. The van der Waals surface area contributed by atoms with Crippen LogP contribution in [0.2, 0.25) is 0 Å². The Labute approximate surface area is 172 Å². The fourth-order valence-corrected chi connectivity index (χ4v) is 3.05. The van der Waals surface area contributed by atoms with E-state index in [1.54, 1.807) is 24.3 Å². The summed E-state index contributed by atoms with van der Waals surface area (Å²) in [4.78, 5) is 40.7. The number of aliphatic imine (C=N–C) groups is 1. The van der Waals surface area contributed by atoms with Gasteiger partial charge in [0.05, 0.1) is 18.2 Å². The molecule has 0 bridgehead atoms. The monoisotopic (exact) mass is 409 g/mol. The number of Topliss-reactive ketones (excluding diaryl/α,β-unsaturated/α-hetero) is 1. The van der Waals surface area contributed by atoms with Crippen LogP contribution in [0.1, 0.15) is 22.3 Å². The highest BCUT2D eigenvalue weighted by Crippen LogP contribution is 2.24. The van der Waals surface area contributed by atoms with Crippen molar-refractivity contribution in [2.45, 2.75) is 12.8 Å². The van der Waals surface area contributed by atoms with E-state index in [4.69, 9.17) is 4.74 Å². The first-order valence-corrected chi connectivity index (χ1v) is 9.18. The average Bonchev–Trinajstić information content (AvgIpc) is 3.24. The molecule has 7 nitrogen and oxygen atoms in total. The predicted octanol–water partition coefficient (Wildman–Crippen LogP) is 2.67. The summed E-state index contributed by atoms with van der Waals surface area (Å²) in [6, 6.07) is 10.9. The van der Waals surface area contributed by atoms with Crippen molar-refractivity contribution in [3.63, 3.8) is 0 Å². The van der Waals surface area contributed by atoms with E-state index >= 15 is 0 Å². The third-order valence-electron chi connectivity index (χ3n) is 4.57. The van der Waals surface area contributed by atoms with Gasteiger partial charge in [0, 0.05) is 31.8 Å². The molecule has 0 saturated heterocycles. The van der Waals surface area contributed by atoms with Crippen LogP contribution in [0.5, 0.6) is 5.75 Å². The number of ether oxygens (including phenoxy) is 1. The van der Waals surface area contributed by atoms with Crippen molar-refractivity contribution in [1.29, 1.82) is 0 Å². The molecular weight excluding hydrogens is 389 g/mol. The van der Waals surface area contributed by atoms with Gasteiger partial charge in [0.2, 0.25) is 0 Å². The Morgan fingerprint density at radius 3 is 2.50 bits per heavy atom. The SMILES string of the molecule is CNC(=O)C1=C(C(=O)Nc2ccc(CC(=O)c3cccc(F)c3OC)cc2)CC=N1. The second-order valence-electron chi connectivity index (χ2n) is 6.49. The summed E-state index contributed by atoms with van der Waals surface area (Å²) in [7, 11) is 2.78. The van der Waals surface area contributed by atoms with Crippen LogP contribution >= 0.6 is 0 Å². The molecule has 2 amide bonds. The first-order chi connectivity index (χ1) is 14.4. The zero-order valence-corrected chi connectivity index (χ0v) is 16.5. The molecule has 0 unspecified atom stereocenters. The molecule has 3 rings (SSSR count). The van der Waals surface area contributed by atoms with Crippen LogP contribution in [0.25, 0.3) is 0 Å². The molecule has 2 aromatic carbocycles. The summed E-state index contributed by atoms with van der Waals surface area (Å²) in [5, 5.41) is 5.17. The van der Waals surface area contributed by atoms with E-state index in [1.165, 1.54) is 38.6 Å². The van der Waals surface area contributed by atoms with Crippen molar-refractivity contribution in [3.05, 3.63) is 70.7 Å². The molecule has 2 N–H and O–H groups in total. The maximum Gasteiger partial charge on any atom is 0.270 e. The van der Waals surface area contributed by atoms with Gasteiger partial charge in [0.15, 0.2) is 17.3 Å². The van der Waals surface area contributed by atoms with Crippen molar-refractivity contribution >= 4 is 29.5 Å². The Balaban J connectivity index is 1.69. The van der Waals surface area contributed by atoms with Gasteiger partial charge >= 0.3 is 0 Å². The van der Waals surface area contributed by atoms with Crippen molar-refractivity contribution in [2.24, 2.45) is 4.99 Å². The molecule has 0 radical (unpaired) electrons. The van der Waals surface area contributed by atoms with Gasteiger partial charge in [-0.15, -0.1) is 0 Å². The number of rotatable bonds is 7. The molecule has 1 heterocycles. The predicted molar refractivity (Wildman–Crippen MR) is 110 cm³/mol. The number of nitrogens with zero attached hydrogens (tertiary/aromatic N) is 1. The molecule has 30 heavy (non-hydrogen) atoms. The molecule has 0 atom stereocenters. The van der Waals surface area contributed by atoms with Crippen molar-refractivity contribution in [1.82, 2.24) is 5.32 Å². The van der Waals surface area contributed by atoms with Crippen LogP contribution < -0.4 is 15.4 Å². The number of benzene rings is 2. The highest BCUT2D eigenvalue weighted by molar-refractivity contribution is 6.13. The van der Waals surface area contributed by atoms with Gasteiger partial charge in [-0.3, -0.25) is 19.4 Å². The normalized spacial score (nSPS) is 12.6. The van der Waals surface area contributed by atoms with E-state index in [1.807, 2.05) is 0 Å². The quantitative estimate of drug-likeness (QED) is 0.687. The number of halogens is 1. The zero-order chi connectivity index (χ0) is 21.7. The van der Waals surface area contributed by atoms with Crippen LogP contribution in [0.3, 0.4) is 0 Å². The summed E-state index contributed by atoms with van der Waals surface area (Å²) in [5.41, 5.74) is 1.76. The van der Waals surface area contributed by atoms with Crippen LogP contribution in [0.4, 0.5) is 10.1 Å². The molecule has 1 aliphatic heterocycles. The van der Waals surface area contributed by atoms with Crippen LogP contribution in [-0.2, 0) is 16.0 Å². The van der Waals surface area contributed by atoms with E-state index in [2.05, 4.69) is 15.6 Å².